The minimum Gasteiger partial charge on any atom is -0.447 e. The molecule has 1 aliphatic carbocycles. The van der Waals surface area contributed by atoms with Crippen LogP contribution < -0.4 is 0 Å². The topological polar surface area (TPSA) is 46.6 Å². The summed E-state index contributed by atoms with van der Waals surface area (Å²) in [5.74, 6) is -0.0738. The first-order valence-corrected chi connectivity index (χ1v) is 13.2. The molecule has 3 atom stereocenters. The summed E-state index contributed by atoms with van der Waals surface area (Å²) in [5, 5.41) is 0. The van der Waals surface area contributed by atoms with Crippen molar-refractivity contribution in [3.05, 3.63) is 47.5 Å². The van der Waals surface area contributed by atoms with Crippen LogP contribution >= 0.6 is 0 Å². The molecule has 0 saturated carbocycles. The lowest BCUT2D eigenvalue weighted by atomic mass is 9.71. The number of hydrogen-bond acceptors (Lipinski definition) is 3. The highest BCUT2D eigenvalue weighted by Gasteiger charge is 2.42. The molecule has 26 heavy (non-hydrogen) atoms. The number of nitrogens with zero attached hydrogens (tertiary/aromatic N) is 1. The highest BCUT2D eigenvalue weighted by molar-refractivity contribution is 6.76. The molecule has 2 aliphatic rings. The summed E-state index contributed by atoms with van der Waals surface area (Å²) >= 11 is 0. The lowest BCUT2D eigenvalue weighted by Gasteiger charge is -2.37. The first-order chi connectivity index (χ1) is 12.3. The van der Waals surface area contributed by atoms with Crippen LogP contribution in [0.5, 0.6) is 0 Å². The van der Waals surface area contributed by atoms with E-state index in [9.17, 15) is 9.59 Å². The van der Waals surface area contributed by atoms with E-state index in [1.165, 1.54) is 10.5 Å². The van der Waals surface area contributed by atoms with Crippen molar-refractivity contribution in [3.8, 4) is 0 Å². The molecule has 0 spiro atoms. The van der Waals surface area contributed by atoms with Crippen LogP contribution in [0.1, 0.15) is 24.8 Å². The summed E-state index contributed by atoms with van der Waals surface area (Å²) in [5.41, 5.74) is 2.62. The van der Waals surface area contributed by atoms with Crippen molar-refractivity contribution in [2.24, 2.45) is 11.8 Å². The fourth-order valence-electron chi connectivity index (χ4n) is 4.28. The highest BCUT2D eigenvalue weighted by atomic mass is 28.3. The molecule has 2 amide bonds. The summed E-state index contributed by atoms with van der Waals surface area (Å²) < 4.78 is 5.00. The summed E-state index contributed by atoms with van der Waals surface area (Å²) in [6, 6.07) is 11.4. The Kier molecular flexibility index (Phi) is 5.37. The van der Waals surface area contributed by atoms with E-state index in [1.54, 1.807) is 0 Å². The number of amides is 2. The number of imide groups is 1. The lowest BCUT2D eigenvalue weighted by molar-refractivity contribution is -0.134. The highest BCUT2D eigenvalue weighted by Crippen LogP contribution is 2.43. The average molecular weight is 372 g/mol. The molecule has 1 heterocycles. The Hall–Kier alpha value is -1.88. The van der Waals surface area contributed by atoms with Crippen molar-refractivity contribution < 1.29 is 14.3 Å². The van der Waals surface area contributed by atoms with Crippen molar-refractivity contribution in [2.75, 3.05) is 13.2 Å². The molecule has 1 aliphatic heterocycles. The number of allylic oxidation sites excluding steroid dienone is 2. The summed E-state index contributed by atoms with van der Waals surface area (Å²) in [7, 11) is -1.23. The third kappa shape index (κ3) is 4.09. The van der Waals surface area contributed by atoms with E-state index in [2.05, 4.69) is 44.8 Å². The van der Waals surface area contributed by atoms with Gasteiger partial charge in [-0.15, -0.1) is 0 Å². The number of ether oxygens (including phenoxy) is 1. The maximum absolute atomic E-state index is 13.2. The Morgan fingerprint density at radius 2 is 1.92 bits per heavy atom. The minimum atomic E-state index is -1.23. The molecule has 1 saturated heterocycles. The van der Waals surface area contributed by atoms with E-state index in [1.807, 2.05) is 18.2 Å². The number of rotatable bonds is 4. The van der Waals surface area contributed by atoms with Gasteiger partial charge in [0.05, 0.1) is 12.5 Å². The number of carbonyl (C=O) groups excluding carboxylic acids is 2. The van der Waals surface area contributed by atoms with E-state index in [-0.39, 0.29) is 23.7 Å². The van der Waals surface area contributed by atoms with Gasteiger partial charge in [-0.05, 0) is 23.9 Å². The Morgan fingerprint density at radius 1 is 1.23 bits per heavy atom. The van der Waals surface area contributed by atoms with Crippen molar-refractivity contribution >= 4 is 20.1 Å². The van der Waals surface area contributed by atoms with Crippen LogP contribution in [0.15, 0.2) is 42.0 Å². The summed E-state index contributed by atoms with van der Waals surface area (Å²) in [6.07, 6.45) is 2.76. The molecule has 0 N–H and O–H groups in total. The first-order valence-electron chi connectivity index (χ1n) is 9.49. The zero-order valence-electron chi connectivity index (χ0n) is 16.2. The van der Waals surface area contributed by atoms with Crippen molar-refractivity contribution in [3.63, 3.8) is 0 Å². The molecule has 1 aromatic rings. The maximum atomic E-state index is 13.2. The molecule has 0 aromatic heterocycles. The molecule has 140 valence electrons. The lowest BCUT2D eigenvalue weighted by Crippen LogP contribution is -2.43. The second kappa shape index (κ2) is 7.39. The number of cyclic esters (lactones) is 1. The van der Waals surface area contributed by atoms with Gasteiger partial charge in [-0.1, -0.05) is 68.5 Å². The van der Waals surface area contributed by atoms with Gasteiger partial charge in [0.1, 0.15) is 6.61 Å². The van der Waals surface area contributed by atoms with Crippen LogP contribution in [-0.2, 0) is 9.53 Å². The third-order valence-corrected chi connectivity index (χ3v) is 6.77. The Labute approximate surface area is 157 Å². The monoisotopic (exact) mass is 371 g/mol. The number of benzene rings is 1. The van der Waals surface area contributed by atoms with Crippen LogP contribution in [0, 0.1) is 11.8 Å². The van der Waals surface area contributed by atoms with E-state index in [0.29, 0.717) is 13.2 Å². The number of carbonyl (C=O) groups is 2. The standard InChI is InChI=1S/C21H29NO3Si/c1-15-12-16(14-26(2,3)4)13-18(17-8-6-5-7-9-17)19(15)20(23)22-10-11-25-21(22)24/h5-9,13,15,18-19H,10-12,14H2,1-4H3/t15-,18-,19+/m1/s1. The molecule has 0 radical (unpaired) electrons. The Morgan fingerprint density at radius 3 is 2.50 bits per heavy atom. The van der Waals surface area contributed by atoms with Gasteiger partial charge in [-0.25, -0.2) is 9.69 Å². The predicted molar refractivity (Wildman–Crippen MR) is 106 cm³/mol. The molecule has 5 heteroatoms. The summed E-state index contributed by atoms with van der Waals surface area (Å²) in [6.45, 7) is 9.97. The molecule has 1 aromatic carbocycles. The van der Waals surface area contributed by atoms with Crippen LogP contribution in [0.2, 0.25) is 25.7 Å². The maximum Gasteiger partial charge on any atom is 0.416 e. The molecular weight excluding hydrogens is 342 g/mol. The fraction of sp³-hybridized carbons (Fsp3) is 0.524. The smallest absolute Gasteiger partial charge is 0.416 e. The molecule has 0 bridgehead atoms. The van der Waals surface area contributed by atoms with Gasteiger partial charge in [0.25, 0.3) is 0 Å². The largest absolute Gasteiger partial charge is 0.447 e. The van der Waals surface area contributed by atoms with E-state index in [4.69, 9.17) is 4.74 Å². The van der Waals surface area contributed by atoms with Crippen molar-refractivity contribution in [1.82, 2.24) is 4.90 Å². The van der Waals surface area contributed by atoms with Gasteiger partial charge in [-0.3, -0.25) is 4.79 Å². The van der Waals surface area contributed by atoms with Crippen LogP contribution in [0.4, 0.5) is 4.79 Å². The normalized spacial score (nSPS) is 26.5. The van der Waals surface area contributed by atoms with Crippen molar-refractivity contribution in [2.45, 2.75) is 44.9 Å². The second-order valence-corrected chi connectivity index (χ2v) is 14.3. The molecular formula is C21H29NO3Si. The Balaban J connectivity index is 1.96. The van der Waals surface area contributed by atoms with E-state index in [0.717, 1.165) is 18.0 Å². The fourth-order valence-corrected chi connectivity index (χ4v) is 5.91. The van der Waals surface area contributed by atoms with Crippen LogP contribution in [0.3, 0.4) is 0 Å². The Bertz CT molecular complexity index is 708. The zero-order valence-corrected chi connectivity index (χ0v) is 17.2. The molecule has 4 nitrogen and oxygen atoms in total. The van der Waals surface area contributed by atoms with E-state index < -0.39 is 14.2 Å². The summed E-state index contributed by atoms with van der Waals surface area (Å²) in [4.78, 5) is 26.4. The van der Waals surface area contributed by atoms with Gasteiger partial charge < -0.3 is 4.74 Å². The van der Waals surface area contributed by atoms with Crippen LogP contribution in [0.25, 0.3) is 0 Å². The molecule has 3 rings (SSSR count). The number of hydrogen-bond donors (Lipinski definition) is 0. The molecule has 0 unspecified atom stereocenters. The minimum absolute atomic E-state index is 0.0206. The van der Waals surface area contributed by atoms with Gasteiger partial charge in [0, 0.05) is 14.0 Å². The average Bonchev–Trinajstić information content (AvgIpc) is 2.99. The molecule has 1 fully saturated rings. The van der Waals surface area contributed by atoms with Gasteiger partial charge >= 0.3 is 6.09 Å². The predicted octanol–water partition coefficient (Wildman–Crippen LogP) is 4.67. The SMILES string of the molecule is C[C@@H]1CC(C[Si](C)(C)C)=C[C@H](c2ccccc2)[C@H]1C(=O)N1CCOC1=O. The first kappa shape index (κ1) is 18.9. The van der Waals surface area contributed by atoms with Gasteiger partial charge in [0.2, 0.25) is 5.91 Å². The van der Waals surface area contributed by atoms with E-state index >= 15 is 0 Å². The van der Waals surface area contributed by atoms with Gasteiger partial charge in [-0.2, -0.15) is 0 Å². The van der Waals surface area contributed by atoms with Crippen LogP contribution in [-0.4, -0.2) is 38.1 Å². The second-order valence-electron chi connectivity index (χ2n) is 8.81. The quantitative estimate of drug-likeness (QED) is 0.571. The third-order valence-electron chi connectivity index (χ3n) is 5.25. The van der Waals surface area contributed by atoms with Crippen molar-refractivity contribution in [1.29, 1.82) is 0 Å². The van der Waals surface area contributed by atoms with Gasteiger partial charge in [0.15, 0.2) is 0 Å². The zero-order chi connectivity index (χ0) is 18.9.